The Bertz CT molecular complexity index is 159. The normalized spacial score (nSPS) is 12.0. The molecule has 0 spiro atoms. The lowest BCUT2D eigenvalue weighted by molar-refractivity contribution is 0.651. The molecule has 0 saturated heterocycles. The molecule has 0 bridgehead atoms. The predicted molar refractivity (Wildman–Crippen MR) is 52.5 cm³/mol. The Balaban J connectivity index is 3.69. The fourth-order valence-corrected chi connectivity index (χ4v) is 0.895. The lowest BCUT2D eigenvalue weighted by atomic mass is 10.0. The smallest absolute Gasteiger partial charge is 0.0262 e. The van der Waals surface area contributed by atoms with E-state index in [-0.39, 0.29) is 0 Å². The van der Waals surface area contributed by atoms with E-state index in [9.17, 15) is 0 Å². The first-order chi connectivity index (χ1) is 5.16. The molecule has 0 nitrogen and oxygen atoms in total. The second-order valence-electron chi connectivity index (χ2n) is 3.14. The van der Waals surface area contributed by atoms with Crippen molar-refractivity contribution in [2.45, 2.75) is 27.2 Å². The van der Waals surface area contributed by atoms with Crippen LogP contribution in [0.2, 0.25) is 0 Å². The van der Waals surface area contributed by atoms with Crippen LogP contribution in [0.3, 0.4) is 0 Å². The third-order valence-electron chi connectivity index (χ3n) is 1.31. The van der Waals surface area contributed by atoms with E-state index in [1.54, 1.807) is 0 Å². The molecule has 0 aromatic heterocycles. The largest absolute Gasteiger partial charge is 0.0958 e. The van der Waals surface area contributed by atoms with Gasteiger partial charge in [-0.1, -0.05) is 50.3 Å². The summed E-state index contributed by atoms with van der Waals surface area (Å²) in [6.07, 6.45) is 9.23. The van der Waals surface area contributed by atoms with Gasteiger partial charge in [-0.2, -0.15) is 0 Å². The lowest BCUT2D eigenvalue weighted by Crippen LogP contribution is -1.86. The van der Waals surface area contributed by atoms with Crippen molar-refractivity contribution in [3.05, 3.63) is 36.5 Å². The number of rotatable bonds is 4. The number of allylic oxidation sites excluding steroid dienone is 5. The van der Waals surface area contributed by atoms with Gasteiger partial charge < -0.3 is 0 Å². The van der Waals surface area contributed by atoms with E-state index in [0.29, 0.717) is 5.92 Å². The summed E-state index contributed by atoms with van der Waals surface area (Å²) in [6, 6.07) is 0. The quantitative estimate of drug-likeness (QED) is 0.536. The molecule has 0 saturated carbocycles. The Morgan fingerprint density at radius 1 is 1.36 bits per heavy atom. The van der Waals surface area contributed by atoms with Gasteiger partial charge in [-0.15, -0.1) is 0 Å². The summed E-state index contributed by atoms with van der Waals surface area (Å²) in [4.78, 5) is 0. The molecule has 0 radical (unpaired) electrons. The van der Waals surface area contributed by atoms with Gasteiger partial charge in [-0.3, -0.25) is 0 Å². The van der Waals surface area contributed by atoms with Gasteiger partial charge in [-0.05, 0) is 19.3 Å². The van der Waals surface area contributed by atoms with Crippen LogP contribution in [0.15, 0.2) is 36.5 Å². The van der Waals surface area contributed by atoms with Crippen molar-refractivity contribution in [1.29, 1.82) is 0 Å². The molecule has 0 heteroatoms. The lowest BCUT2D eigenvalue weighted by Gasteiger charge is -2.01. The van der Waals surface area contributed by atoms with Crippen LogP contribution in [-0.2, 0) is 0 Å². The number of hydrogen-bond donors (Lipinski definition) is 0. The minimum absolute atomic E-state index is 0.706. The van der Waals surface area contributed by atoms with Crippen molar-refractivity contribution in [3.63, 3.8) is 0 Å². The summed E-state index contributed by atoms with van der Waals surface area (Å²) >= 11 is 0. The monoisotopic (exact) mass is 150 g/mol. The molecule has 0 unspecified atom stereocenters. The minimum atomic E-state index is 0.706. The van der Waals surface area contributed by atoms with Gasteiger partial charge in [0.15, 0.2) is 0 Å². The highest BCUT2D eigenvalue weighted by atomic mass is 14.0. The third-order valence-corrected chi connectivity index (χ3v) is 1.31. The Morgan fingerprint density at radius 3 is 2.45 bits per heavy atom. The molecule has 0 aliphatic rings. The molecule has 0 fully saturated rings. The molecule has 0 aromatic rings. The van der Waals surface area contributed by atoms with Gasteiger partial charge in [0.25, 0.3) is 0 Å². The average molecular weight is 150 g/mol. The summed E-state index contributed by atoms with van der Waals surface area (Å²) in [7, 11) is 0. The van der Waals surface area contributed by atoms with Crippen LogP contribution in [0.4, 0.5) is 0 Å². The molecular weight excluding hydrogens is 132 g/mol. The molecule has 0 rings (SSSR count). The van der Waals surface area contributed by atoms with Crippen LogP contribution in [0, 0.1) is 5.92 Å². The van der Waals surface area contributed by atoms with Crippen molar-refractivity contribution >= 4 is 0 Å². The molecule has 11 heavy (non-hydrogen) atoms. The fraction of sp³-hybridized carbons (Fsp3) is 0.455. The van der Waals surface area contributed by atoms with Crippen molar-refractivity contribution in [3.8, 4) is 0 Å². The van der Waals surface area contributed by atoms with Gasteiger partial charge >= 0.3 is 0 Å². The molecule has 0 heterocycles. The molecule has 0 atom stereocenters. The van der Waals surface area contributed by atoms with Crippen LogP contribution in [0.1, 0.15) is 27.2 Å². The Hall–Kier alpha value is -0.780. The molecule has 0 N–H and O–H groups in total. The Labute approximate surface area is 70.3 Å². The van der Waals surface area contributed by atoms with Crippen molar-refractivity contribution in [1.82, 2.24) is 0 Å². The van der Waals surface area contributed by atoms with E-state index < -0.39 is 0 Å². The average Bonchev–Trinajstić information content (AvgIpc) is 1.86. The molecule has 0 aliphatic carbocycles. The van der Waals surface area contributed by atoms with E-state index in [1.165, 1.54) is 5.57 Å². The maximum Gasteiger partial charge on any atom is -0.0262 e. The van der Waals surface area contributed by atoms with E-state index in [2.05, 4.69) is 26.5 Å². The minimum Gasteiger partial charge on any atom is -0.0958 e. The third kappa shape index (κ3) is 7.11. The highest BCUT2D eigenvalue weighted by Crippen LogP contribution is 2.09. The van der Waals surface area contributed by atoms with Crippen LogP contribution in [0.25, 0.3) is 0 Å². The summed E-state index contributed by atoms with van der Waals surface area (Å²) in [5.74, 6) is 0.706. The standard InChI is InChI=1S/C11H18/c1-5-6-7-8-11(4)9-10(2)3/h5-8,10H,4,9H2,1-3H3/b6-5-,8-7-. The van der Waals surface area contributed by atoms with E-state index >= 15 is 0 Å². The van der Waals surface area contributed by atoms with Crippen molar-refractivity contribution < 1.29 is 0 Å². The second-order valence-corrected chi connectivity index (χ2v) is 3.14. The highest BCUT2D eigenvalue weighted by Gasteiger charge is 1.93. The fourth-order valence-electron chi connectivity index (χ4n) is 0.895. The van der Waals surface area contributed by atoms with Crippen LogP contribution >= 0.6 is 0 Å². The first-order valence-electron chi connectivity index (χ1n) is 4.14. The first-order valence-corrected chi connectivity index (χ1v) is 4.14. The van der Waals surface area contributed by atoms with Crippen LogP contribution in [0.5, 0.6) is 0 Å². The second kappa shape index (κ2) is 5.96. The Kier molecular flexibility index (Phi) is 5.54. The number of hydrogen-bond acceptors (Lipinski definition) is 0. The molecule has 62 valence electrons. The van der Waals surface area contributed by atoms with Crippen LogP contribution < -0.4 is 0 Å². The zero-order valence-electron chi connectivity index (χ0n) is 7.80. The zero-order chi connectivity index (χ0) is 8.69. The molecule has 0 aliphatic heterocycles. The molecule has 0 aromatic carbocycles. The SMILES string of the molecule is C=C(/C=C\C=C/C)CC(C)C. The maximum atomic E-state index is 3.95. The molecular formula is C11H18. The van der Waals surface area contributed by atoms with E-state index in [1.807, 2.05) is 25.2 Å². The van der Waals surface area contributed by atoms with E-state index in [4.69, 9.17) is 0 Å². The van der Waals surface area contributed by atoms with Gasteiger partial charge in [0.1, 0.15) is 0 Å². The van der Waals surface area contributed by atoms with Gasteiger partial charge in [0.05, 0.1) is 0 Å². The summed E-state index contributed by atoms with van der Waals surface area (Å²) < 4.78 is 0. The predicted octanol–water partition coefficient (Wildman–Crippen LogP) is 3.72. The van der Waals surface area contributed by atoms with Crippen molar-refractivity contribution in [2.75, 3.05) is 0 Å². The summed E-state index contributed by atoms with van der Waals surface area (Å²) in [6.45, 7) is 10.4. The maximum absolute atomic E-state index is 3.95. The Morgan fingerprint density at radius 2 is 2.00 bits per heavy atom. The van der Waals surface area contributed by atoms with E-state index in [0.717, 1.165) is 6.42 Å². The van der Waals surface area contributed by atoms with Gasteiger partial charge in [0.2, 0.25) is 0 Å². The summed E-state index contributed by atoms with van der Waals surface area (Å²) in [5.41, 5.74) is 1.21. The van der Waals surface area contributed by atoms with Crippen molar-refractivity contribution in [2.24, 2.45) is 5.92 Å². The molecule has 0 amide bonds. The zero-order valence-corrected chi connectivity index (χ0v) is 7.80. The van der Waals surface area contributed by atoms with Crippen LogP contribution in [-0.4, -0.2) is 0 Å². The summed E-state index contributed by atoms with van der Waals surface area (Å²) in [5, 5.41) is 0. The highest BCUT2D eigenvalue weighted by molar-refractivity contribution is 5.18. The van der Waals surface area contributed by atoms with Gasteiger partial charge in [0, 0.05) is 0 Å². The topological polar surface area (TPSA) is 0 Å². The first kappa shape index (κ1) is 10.2. The van der Waals surface area contributed by atoms with Gasteiger partial charge in [-0.25, -0.2) is 0 Å².